The molecule has 8 heteroatoms. The van der Waals surface area contributed by atoms with Crippen molar-refractivity contribution >= 4 is 39.4 Å². The molecule has 1 amide bonds. The van der Waals surface area contributed by atoms with Gasteiger partial charge in [0.25, 0.3) is 5.91 Å². The Morgan fingerprint density at radius 1 is 1.43 bits per heavy atom. The Labute approximate surface area is 128 Å². The maximum absolute atomic E-state index is 11.8. The van der Waals surface area contributed by atoms with E-state index < -0.39 is 18.5 Å². The maximum atomic E-state index is 11.8. The number of para-hydroxylation sites is 1. The first-order chi connectivity index (χ1) is 9.99. The average molecular weight is 354 g/mol. The summed E-state index contributed by atoms with van der Waals surface area (Å²) >= 11 is 3.30. The lowest BCUT2D eigenvalue weighted by atomic mass is 10.2. The number of nitrogens with zero attached hydrogens (tertiary/aromatic N) is 1. The normalized spacial score (nSPS) is 10.2. The van der Waals surface area contributed by atoms with Crippen LogP contribution in [0.3, 0.4) is 0 Å². The second kappa shape index (κ2) is 6.40. The van der Waals surface area contributed by atoms with Crippen LogP contribution >= 0.6 is 15.9 Å². The number of nitrogens with one attached hydrogen (secondary N) is 1. The van der Waals surface area contributed by atoms with Crippen LogP contribution in [0.4, 0.5) is 11.6 Å². The minimum absolute atomic E-state index is 0.0312. The Morgan fingerprint density at radius 2 is 2.14 bits per heavy atom. The number of hydrogen-bond acceptors (Lipinski definition) is 6. The number of nitrogens with two attached hydrogens (primary N) is 1. The molecule has 1 aromatic heterocycles. The number of carbonyl (C=O) groups is 2. The van der Waals surface area contributed by atoms with Gasteiger partial charge in [-0.15, -0.1) is 0 Å². The van der Waals surface area contributed by atoms with Gasteiger partial charge in [0.1, 0.15) is 5.56 Å². The lowest BCUT2D eigenvalue weighted by Gasteiger charge is -2.07. The average Bonchev–Trinajstić information content (AvgIpc) is 2.78. The van der Waals surface area contributed by atoms with Crippen LogP contribution in [0.25, 0.3) is 0 Å². The molecule has 1 aromatic carbocycles. The van der Waals surface area contributed by atoms with Crippen LogP contribution < -0.4 is 11.1 Å². The van der Waals surface area contributed by atoms with E-state index in [-0.39, 0.29) is 11.4 Å². The van der Waals surface area contributed by atoms with Crippen LogP contribution in [0.15, 0.2) is 33.3 Å². The Balaban J connectivity index is 1.93. The first-order valence-electron chi connectivity index (χ1n) is 5.92. The van der Waals surface area contributed by atoms with Crippen molar-refractivity contribution in [3.8, 4) is 0 Å². The number of hydrogen-bond donors (Lipinski definition) is 2. The summed E-state index contributed by atoms with van der Waals surface area (Å²) in [6, 6.07) is 7.08. The molecule has 21 heavy (non-hydrogen) atoms. The fraction of sp³-hybridized carbons (Fsp3) is 0.154. The maximum Gasteiger partial charge on any atom is 0.346 e. The minimum Gasteiger partial charge on any atom is -0.452 e. The molecule has 0 aliphatic rings. The summed E-state index contributed by atoms with van der Waals surface area (Å²) in [5, 5.41) is 6.14. The third-order valence-electron chi connectivity index (χ3n) is 2.58. The standard InChI is InChI=1S/C13H12BrN3O4/c1-7-11(12(15)21-17-7)13(19)20-6-10(18)16-9-5-3-2-4-8(9)14/h2-5H,6,15H2,1H3,(H,16,18). The lowest BCUT2D eigenvalue weighted by molar-refractivity contribution is -0.119. The van der Waals surface area contributed by atoms with Gasteiger partial charge in [-0.1, -0.05) is 17.3 Å². The van der Waals surface area contributed by atoms with E-state index in [1.165, 1.54) is 0 Å². The van der Waals surface area contributed by atoms with Gasteiger partial charge in [0.2, 0.25) is 5.88 Å². The topological polar surface area (TPSA) is 107 Å². The van der Waals surface area contributed by atoms with Crippen molar-refractivity contribution in [3.63, 3.8) is 0 Å². The zero-order chi connectivity index (χ0) is 15.4. The number of anilines is 2. The number of carbonyl (C=O) groups excluding carboxylic acids is 2. The van der Waals surface area contributed by atoms with Crippen molar-refractivity contribution in [2.45, 2.75) is 6.92 Å². The molecular formula is C13H12BrN3O4. The Bertz CT molecular complexity index is 664. The summed E-state index contributed by atoms with van der Waals surface area (Å²) in [5.74, 6) is -1.36. The van der Waals surface area contributed by atoms with Crippen LogP contribution in [0, 0.1) is 6.92 Å². The van der Waals surface area contributed by atoms with Gasteiger partial charge in [-0.05, 0) is 35.0 Å². The highest BCUT2D eigenvalue weighted by Crippen LogP contribution is 2.21. The second-order valence-corrected chi connectivity index (χ2v) is 4.97. The molecule has 2 rings (SSSR count). The second-order valence-electron chi connectivity index (χ2n) is 4.11. The monoisotopic (exact) mass is 353 g/mol. The molecule has 0 radical (unpaired) electrons. The molecule has 7 nitrogen and oxygen atoms in total. The van der Waals surface area contributed by atoms with Crippen LogP contribution in [-0.2, 0) is 9.53 Å². The van der Waals surface area contributed by atoms with Crippen molar-refractivity contribution in [1.82, 2.24) is 5.16 Å². The van der Waals surface area contributed by atoms with Gasteiger partial charge in [-0.3, -0.25) is 4.79 Å². The Kier molecular flexibility index (Phi) is 4.59. The van der Waals surface area contributed by atoms with Gasteiger partial charge >= 0.3 is 5.97 Å². The lowest BCUT2D eigenvalue weighted by Crippen LogP contribution is -2.21. The summed E-state index contributed by atoms with van der Waals surface area (Å²) in [6.07, 6.45) is 0. The highest BCUT2D eigenvalue weighted by atomic mass is 79.9. The summed E-state index contributed by atoms with van der Waals surface area (Å²) in [4.78, 5) is 23.5. The van der Waals surface area contributed by atoms with Crippen LogP contribution in [0.1, 0.15) is 16.1 Å². The number of nitrogen functional groups attached to an aromatic ring is 1. The molecule has 3 N–H and O–H groups in total. The number of aromatic nitrogens is 1. The fourth-order valence-corrected chi connectivity index (χ4v) is 1.97. The Hall–Kier alpha value is -2.35. The molecule has 0 fully saturated rings. The Morgan fingerprint density at radius 3 is 2.76 bits per heavy atom. The number of amides is 1. The number of benzene rings is 1. The number of esters is 1. The largest absolute Gasteiger partial charge is 0.452 e. The van der Waals surface area contributed by atoms with Gasteiger partial charge < -0.3 is 20.3 Å². The van der Waals surface area contributed by atoms with Crippen molar-refractivity contribution in [1.29, 1.82) is 0 Å². The van der Waals surface area contributed by atoms with E-state index in [1.54, 1.807) is 25.1 Å². The van der Waals surface area contributed by atoms with Crippen molar-refractivity contribution in [2.24, 2.45) is 0 Å². The zero-order valence-corrected chi connectivity index (χ0v) is 12.6. The first-order valence-corrected chi connectivity index (χ1v) is 6.71. The van der Waals surface area contributed by atoms with E-state index >= 15 is 0 Å². The summed E-state index contributed by atoms with van der Waals surface area (Å²) < 4.78 is 10.3. The predicted octanol–water partition coefficient (Wildman–Crippen LogP) is 2.12. The molecule has 0 aliphatic carbocycles. The van der Waals surface area contributed by atoms with E-state index in [9.17, 15) is 9.59 Å². The number of ether oxygens (including phenoxy) is 1. The predicted molar refractivity (Wildman–Crippen MR) is 78.7 cm³/mol. The molecular weight excluding hydrogens is 342 g/mol. The van der Waals surface area contributed by atoms with Crippen LogP contribution in [-0.4, -0.2) is 23.6 Å². The molecule has 0 saturated heterocycles. The van der Waals surface area contributed by atoms with Crippen molar-refractivity contribution < 1.29 is 18.8 Å². The van der Waals surface area contributed by atoms with Gasteiger partial charge in [-0.25, -0.2) is 4.79 Å². The van der Waals surface area contributed by atoms with Gasteiger partial charge in [0, 0.05) is 4.47 Å². The number of aryl methyl sites for hydroxylation is 1. The molecule has 0 aliphatic heterocycles. The molecule has 0 spiro atoms. The van der Waals surface area contributed by atoms with E-state index in [2.05, 4.69) is 30.9 Å². The number of halogens is 1. The van der Waals surface area contributed by atoms with Gasteiger partial charge in [0.05, 0.1) is 11.4 Å². The minimum atomic E-state index is -0.756. The smallest absolute Gasteiger partial charge is 0.346 e. The molecule has 0 atom stereocenters. The number of rotatable bonds is 4. The third kappa shape index (κ3) is 3.60. The van der Waals surface area contributed by atoms with Crippen LogP contribution in [0.2, 0.25) is 0 Å². The molecule has 0 unspecified atom stereocenters. The van der Waals surface area contributed by atoms with Gasteiger partial charge in [-0.2, -0.15) is 0 Å². The summed E-state index contributed by atoms with van der Waals surface area (Å²) in [6.45, 7) is 1.11. The first kappa shape index (κ1) is 15.0. The van der Waals surface area contributed by atoms with E-state index in [4.69, 9.17) is 10.5 Å². The van der Waals surface area contributed by atoms with E-state index in [0.717, 1.165) is 4.47 Å². The van der Waals surface area contributed by atoms with Crippen molar-refractivity contribution in [3.05, 3.63) is 40.0 Å². The van der Waals surface area contributed by atoms with Crippen LogP contribution in [0.5, 0.6) is 0 Å². The molecule has 0 saturated carbocycles. The van der Waals surface area contributed by atoms with Crippen molar-refractivity contribution in [2.75, 3.05) is 17.7 Å². The molecule has 2 aromatic rings. The SMILES string of the molecule is Cc1noc(N)c1C(=O)OCC(=O)Nc1ccccc1Br. The van der Waals surface area contributed by atoms with E-state index in [1.807, 2.05) is 6.07 Å². The molecule has 0 bridgehead atoms. The summed E-state index contributed by atoms with van der Waals surface area (Å²) in [7, 11) is 0. The molecule has 1 heterocycles. The van der Waals surface area contributed by atoms with E-state index in [0.29, 0.717) is 11.4 Å². The third-order valence-corrected chi connectivity index (χ3v) is 3.27. The highest BCUT2D eigenvalue weighted by Gasteiger charge is 2.20. The molecule has 110 valence electrons. The zero-order valence-electron chi connectivity index (χ0n) is 11.1. The fourth-order valence-electron chi connectivity index (χ4n) is 1.59. The quantitative estimate of drug-likeness (QED) is 0.815. The van der Waals surface area contributed by atoms with Gasteiger partial charge in [0.15, 0.2) is 6.61 Å². The highest BCUT2D eigenvalue weighted by molar-refractivity contribution is 9.10. The summed E-state index contributed by atoms with van der Waals surface area (Å²) in [5.41, 5.74) is 6.38.